The minimum atomic E-state index is -0.246. The second-order valence-electron chi connectivity index (χ2n) is 4.94. The van der Waals surface area contributed by atoms with Crippen LogP contribution in [0.3, 0.4) is 0 Å². The lowest BCUT2D eigenvalue weighted by atomic mass is 10.1. The number of rotatable bonds is 3. The van der Waals surface area contributed by atoms with Gasteiger partial charge in [-0.1, -0.05) is 23.7 Å². The molecule has 0 radical (unpaired) electrons. The quantitative estimate of drug-likeness (QED) is 0.908. The maximum atomic E-state index is 13.8. The van der Waals surface area contributed by atoms with E-state index in [0.29, 0.717) is 23.9 Å². The zero-order chi connectivity index (χ0) is 14.1. The molecule has 2 nitrogen and oxygen atoms in total. The Morgan fingerprint density at radius 3 is 3.00 bits per heavy atom. The first-order valence-electron chi connectivity index (χ1n) is 6.58. The van der Waals surface area contributed by atoms with E-state index >= 15 is 0 Å². The van der Waals surface area contributed by atoms with Gasteiger partial charge in [0.1, 0.15) is 11.6 Å². The Bertz CT molecular complexity index is 637. The smallest absolute Gasteiger partial charge is 0.146 e. The molecule has 0 saturated heterocycles. The molecule has 2 aromatic rings. The van der Waals surface area contributed by atoms with Crippen LogP contribution in [0.15, 0.2) is 30.3 Å². The highest BCUT2D eigenvalue weighted by atomic mass is 35.5. The van der Waals surface area contributed by atoms with E-state index in [1.165, 1.54) is 6.07 Å². The van der Waals surface area contributed by atoms with Crippen molar-refractivity contribution < 1.29 is 9.13 Å². The molecule has 1 aliphatic heterocycles. The molecule has 1 aliphatic rings. The van der Waals surface area contributed by atoms with Crippen LogP contribution in [0.25, 0.3) is 0 Å². The molecule has 0 unspecified atom stereocenters. The van der Waals surface area contributed by atoms with Crippen LogP contribution in [0.2, 0.25) is 5.02 Å². The van der Waals surface area contributed by atoms with E-state index < -0.39 is 0 Å². The maximum absolute atomic E-state index is 13.8. The number of aryl methyl sites for hydroxylation is 1. The average molecular weight is 292 g/mol. The Labute approximate surface area is 122 Å². The highest BCUT2D eigenvalue weighted by Crippen LogP contribution is 2.33. The van der Waals surface area contributed by atoms with Crippen molar-refractivity contribution in [3.05, 3.63) is 57.9 Å². The van der Waals surface area contributed by atoms with Crippen molar-refractivity contribution in [2.24, 2.45) is 0 Å². The van der Waals surface area contributed by atoms with Crippen LogP contribution >= 0.6 is 11.6 Å². The Balaban J connectivity index is 1.86. The molecule has 4 heteroatoms. The number of para-hydroxylation sites is 1. The van der Waals surface area contributed by atoms with Crippen molar-refractivity contribution >= 4 is 17.3 Å². The molecule has 0 atom stereocenters. The molecule has 0 aromatic heterocycles. The van der Waals surface area contributed by atoms with Gasteiger partial charge in [0.15, 0.2) is 0 Å². The number of anilines is 1. The minimum Gasteiger partial charge on any atom is -0.493 e. The zero-order valence-corrected chi connectivity index (χ0v) is 11.9. The number of hydrogen-bond donors (Lipinski definition) is 1. The van der Waals surface area contributed by atoms with Gasteiger partial charge in [-0.2, -0.15) is 0 Å². The summed E-state index contributed by atoms with van der Waals surface area (Å²) in [5.74, 6) is 0.639. The van der Waals surface area contributed by atoms with E-state index in [-0.39, 0.29) is 5.82 Å². The lowest BCUT2D eigenvalue weighted by Gasteiger charge is -2.13. The van der Waals surface area contributed by atoms with Gasteiger partial charge >= 0.3 is 0 Å². The second-order valence-corrected chi connectivity index (χ2v) is 5.37. The lowest BCUT2D eigenvalue weighted by Crippen LogP contribution is -2.04. The highest BCUT2D eigenvalue weighted by molar-refractivity contribution is 6.30. The SMILES string of the molecule is Cc1cccc(F)c1NCc1cc(Cl)cc2c1OCC2. The summed E-state index contributed by atoms with van der Waals surface area (Å²) in [4.78, 5) is 0. The number of nitrogens with one attached hydrogen (secondary N) is 1. The number of fused-ring (bicyclic) bond motifs is 1. The fourth-order valence-electron chi connectivity index (χ4n) is 2.52. The third-order valence-electron chi connectivity index (χ3n) is 3.50. The molecular weight excluding hydrogens is 277 g/mol. The van der Waals surface area contributed by atoms with Crippen LogP contribution in [0.4, 0.5) is 10.1 Å². The number of hydrogen-bond acceptors (Lipinski definition) is 2. The summed E-state index contributed by atoms with van der Waals surface area (Å²) in [6.07, 6.45) is 0.877. The standard InChI is InChI=1S/C16H15ClFNO/c1-10-3-2-4-14(18)15(10)19-9-12-8-13(17)7-11-5-6-20-16(11)12/h2-4,7-8,19H,5-6,9H2,1H3. The van der Waals surface area contributed by atoms with Gasteiger partial charge < -0.3 is 10.1 Å². The molecule has 0 bridgehead atoms. The molecular formula is C16H15ClFNO. The molecule has 1 heterocycles. The third kappa shape index (κ3) is 2.46. The van der Waals surface area contributed by atoms with Crippen molar-refractivity contribution in [2.45, 2.75) is 19.9 Å². The van der Waals surface area contributed by atoms with Crippen molar-refractivity contribution in [3.63, 3.8) is 0 Å². The molecule has 1 N–H and O–H groups in total. The van der Waals surface area contributed by atoms with Crippen LogP contribution in [-0.2, 0) is 13.0 Å². The van der Waals surface area contributed by atoms with Gasteiger partial charge in [0.2, 0.25) is 0 Å². The summed E-state index contributed by atoms with van der Waals surface area (Å²) in [5, 5.41) is 3.83. The van der Waals surface area contributed by atoms with Gasteiger partial charge in [-0.25, -0.2) is 4.39 Å². The molecule has 0 saturated carbocycles. The molecule has 0 aliphatic carbocycles. The highest BCUT2D eigenvalue weighted by Gasteiger charge is 2.17. The summed E-state index contributed by atoms with van der Waals surface area (Å²) in [5.41, 5.74) is 3.50. The lowest BCUT2D eigenvalue weighted by molar-refractivity contribution is 0.354. The average Bonchev–Trinajstić information content (AvgIpc) is 2.86. The van der Waals surface area contributed by atoms with Crippen LogP contribution in [0, 0.1) is 12.7 Å². The topological polar surface area (TPSA) is 21.3 Å². The molecule has 2 aromatic carbocycles. The third-order valence-corrected chi connectivity index (χ3v) is 3.72. The van der Waals surface area contributed by atoms with Crippen molar-refractivity contribution in [1.82, 2.24) is 0 Å². The van der Waals surface area contributed by atoms with Gasteiger partial charge in [-0.05, 0) is 36.2 Å². The van der Waals surface area contributed by atoms with Gasteiger partial charge in [-0.3, -0.25) is 0 Å². The van der Waals surface area contributed by atoms with Gasteiger partial charge in [-0.15, -0.1) is 0 Å². The Hall–Kier alpha value is -1.74. The van der Waals surface area contributed by atoms with E-state index in [1.54, 1.807) is 6.07 Å². The first-order valence-corrected chi connectivity index (χ1v) is 6.96. The van der Waals surface area contributed by atoms with Crippen LogP contribution < -0.4 is 10.1 Å². The van der Waals surface area contributed by atoms with Gasteiger partial charge in [0.05, 0.1) is 12.3 Å². The molecule has 0 amide bonds. The van der Waals surface area contributed by atoms with Crippen molar-refractivity contribution in [2.75, 3.05) is 11.9 Å². The van der Waals surface area contributed by atoms with Gasteiger partial charge in [0.25, 0.3) is 0 Å². The van der Waals surface area contributed by atoms with E-state index in [9.17, 15) is 4.39 Å². The fraction of sp³-hybridized carbons (Fsp3) is 0.250. The van der Waals surface area contributed by atoms with E-state index in [2.05, 4.69) is 5.32 Å². The largest absolute Gasteiger partial charge is 0.493 e. The predicted octanol–water partition coefficient (Wildman–Crippen LogP) is 4.33. The predicted molar refractivity (Wildman–Crippen MR) is 79.1 cm³/mol. The van der Waals surface area contributed by atoms with E-state index in [0.717, 1.165) is 28.9 Å². The first-order chi connectivity index (χ1) is 9.65. The second kappa shape index (κ2) is 5.33. The molecule has 0 spiro atoms. The van der Waals surface area contributed by atoms with Crippen LogP contribution in [0.5, 0.6) is 5.75 Å². The summed E-state index contributed by atoms with van der Waals surface area (Å²) in [6.45, 7) is 3.05. The zero-order valence-electron chi connectivity index (χ0n) is 11.2. The number of benzene rings is 2. The maximum Gasteiger partial charge on any atom is 0.146 e. The Kier molecular flexibility index (Phi) is 3.53. The molecule has 104 valence electrons. The Morgan fingerprint density at radius 2 is 2.20 bits per heavy atom. The molecule has 0 fully saturated rings. The van der Waals surface area contributed by atoms with E-state index in [4.69, 9.17) is 16.3 Å². The van der Waals surface area contributed by atoms with Crippen LogP contribution in [0.1, 0.15) is 16.7 Å². The molecule has 3 rings (SSSR count). The number of ether oxygens (including phenoxy) is 1. The Morgan fingerprint density at radius 1 is 1.35 bits per heavy atom. The number of halogens is 2. The van der Waals surface area contributed by atoms with Gasteiger partial charge in [0, 0.05) is 23.6 Å². The normalized spacial score (nSPS) is 12.9. The minimum absolute atomic E-state index is 0.246. The molecule has 20 heavy (non-hydrogen) atoms. The van der Waals surface area contributed by atoms with Crippen LogP contribution in [-0.4, -0.2) is 6.61 Å². The first kappa shape index (κ1) is 13.3. The van der Waals surface area contributed by atoms with Crippen molar-refractivity contribution in [1.29, 1.82) is 0 Å². The van der Waals surface area contributed by atoms with Crippen molar-refractivity contribution in [3.8, 4) is 5.75 Å². The monoisotopic (exact) mass is 291 g/mol. The summed E-state index contributed by atoms with van der Waals surface area (Å²) >= 11 is 6.12. The summed E-state index contributed by atoms with van der Waals surface area (Å²) < 4.78 is 19.4. The van der Waals surface area contributed by atoms with E-state index in [1.807, 2.05) is 25.1 Å². The fourth-order valence-corrected chi connectivity index (χ4v) is 2.78. The summed E-state index contributed by atoms with van der Waals surface area (Å²) in [7, 11) is 0. The summed E-state index contributed by atoms with van der Waals surface area (Å²) in [6, 6.07) is 8.84.